The van der Waals surface area contributed by atoms with Gasteiger partial charge in [0, 0.05) is 29.9 Å². The van der Waals surface area contributed by atoms with E-state index in [4.69, 9.17) is 18.9 Å². The van der Waals surface area contributed by atoms with Gasteiger partial charge in [0.15, 0.2) is 0 Å². The van der Waals surface area contributed by atoms with E-state index >= 15 is 0 Å². The number of sulfonamides is 1. The minimum absolute atomic E-state index is 0.0463. The molecule has 0 unspecified atom stereocenters. The molecule has 2 aliphatic carbocycles. The van der Waals surface area contributed by atoms with Crippen molar-refractivity contribution in [3.63, 3.8) is 0 Å². The van der Waals surface area contributed by atoms with Crippen molar-refractivity contribution in [2.75, 3.05) is 20.8 Å². The summed E-state index contributed by atoms with van der Waals surface area (Å²) in [6.07, 6.45) is -1.43. The summed E-state index contributed by atoms with van der Waals surface area (Å²) in [6.45, 7) is 6.30. The highest BCUT2D eigenvalue weighted by Gasteiger charge is 2.63. The highest BCUT2D eigenvalue weighted by molar-refractivity contribution is 7.91. The molecule has 0 bridgehead atoms. The number of alkyl halides is 3. The lowest BCUT2D eigenvalue weighted by Crippen LogP contribution is -2.59. The Hall–Kier alpha value is -4.81. The number of methoxy groups -OCH3 is 2. The Kier molecular flexibility index (Phi) is 11.9. The number of allylic oxidation sites excluding steroid dienone is 1. The van der Waals surface area contributed by atoms with E-state index in [9.17, 15) is 40.8 Å². The van der Waals surface area contributed by atoms with E-state index in [2.05, 4.69) is 20.3 Å². The number of benzene rings is 1. The van der Waals surface area contributed by atoms with Crippen molar-refractivity contribution in [2.24, 2.45) is 17.8 Å². The lowest BCUT2D eigenvalue weighted by atomic mass is 9.88. The number of hydrogen-bond acceptors (Lipinski definition) is 11. The van der Waals surface area contributed by atoms with E-state index in [1.807, 2.05) is 13.0 Å². The fourth-order valence-corrected chi connectivity index (χ4v) is 9.02. The largest absolute Gasteiger partial charge is 0.497 e. The van der Waals surface area contributed by atoms with Crippen molar-refractivity contribution in [3.05, 3.63) is 36.4 Å². The van der Waals surface area contributed by atoms with Gasteiger partial charge >= 0.3 is 12.3 Å². The number of alkyl carbamates (subject to hydrolysis) is 1. The Morgan fingerprint density at radius 3 is 2.41 bits per heavy atom. The smallest absolute Gasteiger partial charge is 0.427 e. The molecule has 0 spiro atoms. The van der Waals surface area contributed by atoms with E-state index in [1.54, 1.807) is 37.3 Å². The van der Waals surface area contributed by atoms with Crippen LogP contribution in [0, 0.1) is 17.8 Å². The first-order chi connectivity index (χ1) is 27.5. The van der Waals surface area contributed by atoms with Crippen LogP contribution >= 0.6 is 0 Å². The summed E-state index contributed by atoms with van der Waals surface area (Å²) in [4.78, 5) is 62.1. The molecule has 1 saturated heterocycles. The average Bonchev–Trinajstić information content (AvgIpc) is 4.04. The molecular weight excluding hydrogens is 800 g/mol. The van der Waals surface area contributed by atoms with Gasteiger partial charge in [0.25, 0.3) is 5.91 Å². The highest BCUT2D eigenvalue weighted by Crippen LogP contribution is 2.48. The van der Waals surface area contributed by atoms with Crippen LogP contribution in [-0.4, -0.2) is 103 Å². The maximum absolute atomic E-state index is 14.8. The predicted octanol–water partition coefficient (Wildman–Crippen LogP) is 4.92. The summed E-state index contributed by atoms with van der Waals surface area (Å²) in [5.74, 6) is -2.72. The molecule has 0 radical (unpaired) electrons. The van der Waals surface area contributed by atoms with Crippen molar-refractivity contribution in [1.29, 1.82) is 0 Å². The maximum atomic E-state index is 14.8. The summed E-state index contributed by atoms with van der Waals surface area (Å²) in [6, 6.07) is 3.85. The zero-order valence-electron chi connectivity index (χ0n) is 34.1. The van der Waals surface area contributed by atoms with Gasteiger partial charge in [0.2, 0.25) is 33.3 Å². The number of pyridine rings is 1. The van der Waals surface area contributed by atoms with Crippen LogP contribution in [0.3, 0.4) is 0 Å². The number of halogens is 3. The molecule has 19 heteroatoms. The molecule has 6 rings (SSSR count). The third-order valence-corrected chi connectivity index (χ3v) is 14.2. The molecule has 324 valence electrons. The molecular formula is C40H52F3N5O10S. The Balaban J connectivity index is 1.37. The average molecular weight is 852 g/mol. The lowest BCUT2D eigenvalue weighted by Gasteiger charge is -2.34. The summed E-state index contributed by atoms with van der Waals surface area (Å²) >= 11 is 0. The molecule has 2 aliphatic heterocycles. The second kappa shape index (κ2) is 16.0. The molecule has 4 aliphatic rings. The van der Waals surface area contributed by atoms with Gasteiger partial charge in [-0.15, -0.1) is 0 Å². The van der Waals surface area contributed by atoms with Crippen molar-refractivity contribution in [1.82, 2.24) is 25.2 Å². The standard InChI is InChI=1S/C40H52F3N5O10S/c1-22-10-8-9-11-24-20-39(24,35(51)47-59(53,54)38(5)14-15-38)46-33(49)29-18-26(57-30-19-31(56-7)44-28-17-25(55-6)12-13-27(28)30)21-48(29)34(50)32(23(2)16-22)45-36(52)58-37(3,4)40(41,42)43/h9,11-13,17,19,22-24,26,29,32H,8,10,14-16,18,20-21H2,1-7H3,(H,45,52)(H,46,49)(H,47,51)/b11-9-/t22-,23-,24-,26-,29+,32+,39-/m1/s1. The molecule has 2 aromatic rings. The quantitative estimate of drug-likeness (QED) is 0.290. The number of carbonyl (C=O) groups excluding carboxylic acids is 4. The zero-order valence-corrected chi connectivity index (χ0v) is 34.9. The van der Waals surface area contributed by atoms with Gasteiger partial charge in [0.1, 0.15) is 35.2 Å². The number of rotatable bonds is 9. The van der Waals surface area contributed by atoms with Crippen molar-refractivity contribution in [3.8, 4) is 17.4 Å². The number of aromatic nitrogens is 1. The van der Waals surface area contributed by atoms with E-state index in [1.165, 1.54) is 26.0 Å². The van der Waals surface area contributed by atoms with Gasteiger partial charge in [-0.25, -0.2) is 18.2 Å². The first-order valence-electron chi connectivity index (χ1n) is 19.6. The van der Waals surface area contributed by atoms with Gasteiger partial charge < -0.3 is 34.5 Å². The number of hydrogen-bond donors (Lipinski definition) is 3. The van der Waals surface area contributed by atoms with Crippen LogP contribution in [0.25, 0.3) is 10.9 Å². The Bertz CT molecular complexity index is 2120. The molecule has 59 heavy (non-hydrogen) atoms. The third kappa shape index (κ3) is 9.04. The van der Waals surface area contributed by atoms with Gasteiger partial charge in [-0.2, -0.15) is 13.2 Å². The second-order valence-corrected chi connectivity index (χ2v) is 19.2. The Morgan fingerprint density at radius 2 is 1.76 bits per heavy atom. The maximum Gasteiger partial charge on any atom is 0.427 e. The van der Waals surface area contributed by atoms with Gasteiger partial charge in [-0.3, -0.25) is 19.1 Å². The molecule has 15 nitrogen and oxygen atoms in total. The number of nitrogens with one attached hydrogen (secondary N) is 3. The molecule has 3 fully saturated rings. The summed E-state index contributed by atoms with van der Waals surface area (Å²) < 4.78 is 90.8. The molecule has 4 amide bonds. The number of carbonyl (C=O) groups is 4. The van der Waals surface area contributed by atoms with Crippen LogP contribution in [0.2, 0.25) is 0 Å². The third-order valence-electron chi connectivity index (χ3n) is 12.0. The van der Waals surface area contributed by atoms with Gasteiger partial charge in [0.05, 0.1) is 31.0 Å². The minimum Gasteiger partial charge on any atom is -0.497 e. The topological polar surface area (TPSA) is 192 Å². The molecule has 2 saturated carbocycles. The normalized spacial score (nSPS) is 29.1. The van der Waals surface area contributed by atoms with E-state index < -0.39 is 85.9 Å². The molecule has 7 atom stereocenters. The predicted molar refractivity (Wildman–Crippen MR) is 208 cm³/mol. The molecule has 3 N–H and O–H groups in total. The van der Waals surface area contributed by atoms with Crippen LogP contribution in [0.1, 0.15) is 79.6 Å². The van der Waals surface area contributed by atoms with Gasteiger partial charge in [-0.05, 0) is 83.3 Å². The fourth-order valence-electron chi connectivity index (χ4n) is 7.70. The Labute approximate surface area is 341 Å². The zero-order chi connectivity index (χ0) is 43.3. The first kappa shape index (κ1) is 43.8. The van der Waals surface area contributed by atoms with Crippen LogP contribution in [0.4, 0.5) is 18.0 Å². The SMILES string of the molecule is COc1ccc2c(O[C@@H]3C[C@H]4C(=O)N[C@]5(C(=O)NS(=O)(=O)C6(C)CC6)C[C@H]5/C=C\CC[C@@H](C)C[C@@H](C)[C@H](NC(=O)OC(C)(C)C(F)(F)F)C(=O)N4C3)cc(OC)nc2c1. The van der Waals surface area contributed by atoms with Gasteiger partial charge in [-0.1, -0.05) is 26.0 Å². The number of nitrogens with zero attached hydrogens (tertiary/aromatic N) is 2. The number of fused-ring (bicyclic) bond motifs is 3. The van der Waals surface area contributed by atoms with Crippen molar-refractivity contribution >= 4 is 44.7 Å². The minimum atomic E-state index is -4.92. The summed E-state index contributed by atoms with van der Waals surface area (Å²) in [5, 5.41) is 5.73. The van der Waals surface area contributed by atoms with E-state index in [0.717, 1.165) is 0 Å². The second-order valence-electron chi connectivity index (χ2n) is 17.0. The summed E-state index contributed by atoms with van der Waals surface area (Å²) in [7, 11) is -1.16. The van der Waals surface area contributed by atoms with E-state index in [0.29, 0.717) is 68.4 Å². The van der Waals surface area contributed by atoms with Crippen molar-refractivity contribution in [2.45, 2.75) is 120 Å². The van der Waals surface area contributed by atoms with Crippen LogP contribution < -0.4 is 29.6 Å². The molecule has 3 heterocycles. The van der Waals surface area contributed by atoms with Crippen LogP contribution in [0.5, 0.6) is 17.4 Å². The number of ether oxygens (including phenoxy) is 4. The Morgan fingerprint density at radius 1 is 1.05 bits per heavy atom. The van der Waals surface area contributed by atoms with Crippen molar-refractivity contribution < 1.29 is 59.7 Å². The first-order valence-corrected chi connectivity index (χ1v) is 21.1. The van der Waals surface area contributed by atoms with Crippen LogP contribution in [-0.2, 0) is 29.1 Å². The highest BCUT2D eigenvalue weighted by atomic mass is 32.2. The molecule has 1 aromatic carbocycles. The van der Waals surface area contributed by atoms with Crippen LogP contribution in [0.15, 0.2) is 36.4 Å². The molecule has 1 aromatic heterocycles. The lowest BCUT2D eigenvalue weighted by molar-refractivity contribution is -0.244. The monoisotopic (exact) mass is 851 g/mol. The van der Waals surface area contributed by atoms with E-state index in [-0.39, 0.29) is 31.2 Å². The number of amides is 4. The summed E-state index contributed by atoms with van der Waals surface area (Å²) in [5.41, 5.74) is -4.09. The fraction of sp³-hybridized carbons (Fsp3) is 0.625.